The highest BCUT2D eigenvalue weighted by Crippen LogP contribution is 2.32. The first-order chi connectivity index (χ1) is 14.5. The maximum absolute atomic E-state index is 12.6. The molecule has 9 nitrogen and oxygen atoms in total. The maximum atomic E-state index is 12.6. The van der Waals surface area contributed by atoms with Crippen LogP contribution in [-0.4, -0.2) is 53.6 Å². The second-order valence-electron chi connectivity index (χ2n) is 6.73. The number of ether oxygens (including phenoxy) is 1. The quantitative estimate of drug-likeness (QED) is 0.433. The molecule has 0 aliphatic carbocycles. The Kier molecular flexibility index (Phi) is 5.37. The highest BCUT2D eigenvalue weighted by atomic mass is 32.2. The van der Waals surface area contributed by atoms with Crippen LogP contribution < -0.4 is 9.46 Å². The fourth-order valence-electron chi connectivity index (χ4n) is 3.31. The molecule has 0 bridgehead atoms. The van der Waals surface area contributed by atoms with Crippen LogP contribution in [0.15, 0.2) is 47.4 Å². The molecular formula is C20H21N5O4S. The number of hydrogen-bond acceptors (Lipinski definition) is 7. The standard InChI is InChI=1S/C20H21N5O4S/c1-13-15-6-3-4-7-16(15)19-22-23-20(25(19)24-13)17-12-14(8-9-18(17)29-2)30(27,28)21-10-5-11-26/h3-4,6-9,12,21,26H,5,10-11H2,1-2H3. The number of nitrogens with one attached hydrogen (secondary N) is 1. The number of aryl methyl sites for hydroxylation is 1. The number of nitrogens with zero attached hydrogens (tertiary/aromatic N) is 4. The molecule has 4 rings (SSSR count). The van der Waals surface area contributed by atoms with E-state index in [2.05, 4.69) is 20.0 Å². The van der Waals surface area contributed by atoms with Gasteiger partial charge in [-0.2, -0.15) is 9.61 Å². The number of benzene rings is 2. The number of methoxy groups -OCH3 is 1. The molecule has 30 heavy (non-hydrogen) atoms. The third kappa shape index (κ3) is 3.49. The van der Waals surface area contributed by atoms with Crippen molar-refractivity contribution in [2.24, 2.45) is 0 Å². The molecule has 2 N–H and O–H groups in total. The number of aliphatic hydroxyl groups is 1. The average molecular weight is 427 g/mol. The van der Waals surface area contributed by atoms with Gasteiger partial charge in [-0.1, -0.05) is 24.3 Å². The molecular weight excluding hydrogens is 406 g/mol. The van der Waals surface area contributed by atoms with E-state index in [1.807, 2.05) is 31.2 Å². The summed E-state index contributed by atoms with van der Waals surface area (Å²) in [6.07, 6.45) is 0.327. The van der Waals surface area contributed by atoms with Crippen LogP contribution in [0.4, 0.5) is 0 Å². The zero-order valence-electron chi connectivity index (χ0n) is 16.5. The molecule has 156 valence electrons. The minimum atomic E-state index is -3.76. The molecule has 2 heterocycles. The molecule has 0 amide bonds. The monoisotopic (exact) mass is 427 g/mol. The molecule has 0 radical (unpaired) electrons. The Morgan fingerprint density at radius 1 is 1.13 bits per heavy atom. The first-order valence-electron chi connectivity index (χ1n) is 9.36. The van der Waals surface area contributed by atoms with Crippen LogP contribution in [-0.2, 0) is 10.0 Å². The van der Waals surface area contributed by atoms with E-state index in [-0.39, 0.29) is 18.0 Å². The fraction of sp³-hybridized carbons (Fsp3) is 0.250. The van der Waals surface area contributed by atoms with Gasteiger partial charge in [-0.25, -0.2) is 13.1 Å². The van der Waals surface area contributed by atoms with Crippen molar-refractivity contribution in [3.8, 4) is 17.1 Å². The molecule has 0 atom stereocenters. The predicted molar refractivity (Wildman–Crippen MR) is 112 cm³/mol. The SMILES string of the molecule is COc1ccc(S(=O)(=O)NCCCO)cc1-c1nnc2c3ccccc3c(C)nn12. The van der Waals surface area contributed by atoms with Gasteiger partial charge in [0, 0.05) is 23.9 Å². The first kappa shape index (κ1) is 20.2. The van der Waals surface area contributed by atoms with Crippen molar-refractivity contribution in [2.45, 2.75) is 18.2 Å². The minimum absolute atomic E-state index is 0.0606. The van der Waals surface area contributed by atoms with Gasteiger partial charge < -0.3 is 9.84 Å². The molecule has 4 aromatic rings. The predicted octanol–water partition coefficient (Wildman–Crippen LogP) is 1.92. The summed E-state index contributed by atoms with van der Waals surface area (Å²) in [4.78, 5) is 0.0606. The second-order valence-corrected chi connectivity index (χ2v) is 8.49. The van der Waals surface area contributed by atoms with Gasteiger partial charge >= 0.3 is 0 Å². The van der Waals surface area contributed by atoms with Gasteiger partial charge in [0.05, 0.1) is 23.3 Å². The van der Waals surface area contributed by atoms with E-state index in [1.54, 1.807) is 10.6 Å². The van der Waals surface area contributed by atoms with E-state index >= 15 is 0 Å². The number of rotatable bonds is 7. The van der Waals surface area contributed by atoms with Crippen molar-refractivity contribution in [3.63, 3.8) is 0 Å². The molecule has 0 saturated carbocycles. The lowest BCUT2D eigenvalue weighted by molar-refractivity contribution is 0.289. The molecule has 2 aromatic carbocycles. The highest BCUT2D eigenvalue weighted by molar-refractivity contribution is 7.89. The third-order valence-electron chi connectivity index (χ3n) is 4.80. The van der Waals surface area contributed by atoms with Gasteiger partial charge in [-0.05, 0) is 31.5 Å². The highest BCUT2D eigenvalue weighted by Gasteiger charge is 2.21. The van der Waals surface area contributed by atoms with E-state index in [0.717, 1.165) is 16.5 Å². The van der Waals surface area contributed by atoms with Crippen LogP contribution in [0.25, 0.3) is 27.8 Å². The summed E-state index contributed by atoms with van der Waals surface area (Å²) >= 11 is 0. The number of aromatic nitrogens is 4. The largest absolute Gasteiger partial charge is 0.496 e. The first-order valence-corrected chi connectivity index (χ1v) is 10.8. The van der Waals surface area contributed by atoms with Crippen LogP contribution in [0.5, 0.6) is 5.75 Å². The molecule has 0 aliphatic rings. The Hall–Kier alpha value is -3.08. The van der Waals surface area contributed by atoms with Crippen molar-refractivity contribution in [2.75, 3.05) is 20.3 Å². The normalized spacial score (nSPS) is 12.0. The smallest absolute Gasteiger partial charge is 0.240 e. The van der Waals surface area contributed by atoms with Gasteiger partial charge in [0.1, 0.15) is 5.75 Å². The van der Waals surface area contributed by atoms with Crippen LogP contribution in [0.3, 0.4) is 0 Å². The van der Waals surface area contributed by atoms with E-state index in [0.29, 0.717) is 29.2 Å². The Morgan fingerprint density at radius 2 is 1.90 bits per heavy atom. The van der Waals surface area contributed by atoms with Gasteiger partial charge in [0.25, 0.3) is 0 Å². The molecule has 0 unspecified atom stereocenters. The summed E-state index contributed by atoms with van der Waals surface area (Å²) in [6.45, 7) is 1.94. The topological polar surface area (TPSA) is 119 Å². The number of aliphatic hydroxyl groups excluding tert-OH is 1. The zero-order chi connectivity index (χ0) is 21.3. The van der Waals surface area contributed by atoms with Gasteiger partial charge in [0.2, 0.25) is 10.0 Å². The lowest BCUT2D eigenvalue weighted by Gasteiger charge is -2.11. The number of fused-ring (bicyclic) bond motifs is 3. The van der Waals surface area contributed by atoms with E-state index in [1.165, 1.54) is 19.2 Å². The Balaban J connectivity index is 1.89. The Morgan fingerprint density at radius 3 is 2.63 bits per heavy atom. The van der Waals surface area contributed by atoms with Crippen molar-refractivity contribution in [1.82, 2.24) is 24.5 Å². The van der Waals surface area contributed by atoms with Crippen LogP contribution >= 0.6 is 0 Å². The lowest BCUT2D eigenvalue weighted by Crippen LogP contribution is -2.25. The number of hydrogen-bond donors (Lipinski definition) is 2. The molecule has 2 aromatic heterocycles. The van der Waals surface area contributed by atoms with E-state index in [9.17, 15) is 8.42 Å². The van der Waals surface area contributed by atoms with Crippen molar-refractivity contribution in [3.05, 3.63) is 48.2 Å². The van der Waals surface area contributed by atoms with Gasteiger partial charge in [-0.15, -0.1) is 10.2 Å². The number of sulfonamides is 1. The summed E-state index contributed by atoms with van der Waals surface area (Å²) in [5.74, 6) is 0.828. The zero-order valence-corrected chi connectivity index (χ0v) is 17.3. The van der Waals surface area contributed by atoms with E-state index in [4.69, 9.17) is 9.84 Å². The van der Waals surface area contributed by atoms with Crippen LogP contribution in [0.2, 0.25) is 0 Å². The molecule has 0 saturated heterocycles. The maximum Gasteiger partial charge on any atom is 0.240 e. The summed E-state index contributed by atoms with van der Waals surface area (Å²) in [5, 5.41) is 24.0. The third-order valence-corrected chi connectivity index (χ3v) is 6.26. The van der Waals surface area contributed by atoms with Crippen molar-refractivity contribution >= 4 is 26.4 Å². The van der Waals surface area contributed by atoms with Crippen molar-refractivity contribution < 1.29 is 18.3 Å². The average Bonchev–Trinajstić information content (AvgIpc) is 3.17. The molecule has 0 aliphatic heterocycles. The van der Waals surface area contributed by atoms with Crippen LogP contribution in [0, 0.1) is 6.92 Å². The summed E-state index contributed by atoms with van der Waals surface area (Å²) < 4.78 is 34.8. The van der Waals surface area contributed by atoms with E-state index < -0.39 is 10.0 Å². The molecule has 10 heteroatoms. The van der Waals surface area contributed by atoms with Gasteiger partial charge in [0.15, 0.2) is 11.5 Å². The fourth-order valence-corrected chi connectivity index (χ4v) is 4.41. The van der Waals surface area contributed by atoms with Gasteiger partial charge in [-0.3, -0.25) is 0 Å². The molecule has 0 fully saturated rings. The Labute approximate surface area is 173 Å². The lowest BCUT2D eigenvalue weighted by atomic mass is 10.1. The van der Waals surface area contributed by atoms with Crippen LogP contribution in [0.1, 0.15) is 12.1 Å². The Bertz CT molecular complexity index is 1330. The second kappa shape index (κ2) is 7.98. The minimum Gasteiger partial charge on any atom is -0.496 e. The summed E-state index contributed by atoms with van der Waals surface area (Å²) in [5.41, 5.74) is 1.83. The summed E-state index contributed by atoms with van der Waals surface area (Å²) in [7, 11) is -2.26. The molecule has 0 spiro atoms. The van der Waals surface area contributed by atoms with Crippen molar-refractivity contribution in [1.29, 1.82) is 0 Å². The summed E-state index contributed by atoms with van der Waals surface area (Å²) in [6, 6.07) is 12.3.